The molecule has 3 rings (SSSR count). The van der Waals surface area contributed by atoms with Gasteiger partial charge >= 0.3 is 0 Å². The van der Waals surface area contributed by atoms with E-state index in [-0.39, 0.29) is 30.1 Å². The largest absolute Gasteiger partial charge is 0.361 e. The number of benzene rings is 1. The lowest BCUT2D eigenvalue weighted by Crippen LogP contribution is -2.57. The molecule has 0 radical (unpaired) electrons. The van der Waals surface area contributed by atoms with Crippen molar-refractivity contribution in [2.45, 2.75) is 83.5 Å². The molecule has 1 aromatic carbocycles. The molecule has 2 aliphatic rings. The van der Waals surface area contributed by atoms with Gasteiger partial charge in [-0.2, -0.15) is 0 Å². The quantitative estimate of drug-likeness (QED) is 0.328. The first-order valence-corrected chi connectivity index (χ1v) is 13.4. The number of likely N-dealkylation sites (tertiary alicyclic amines) is 1. The van der Waals surface area contributed by atoms with Gasteiger partial charge in [-0.15, -0.1) is 0 Å². The fourth-order valence-corrected chi connectivity index (χ4v) is 4.73. The number of Topliss-reactive ketones (excluding diaryl/α,β-unsaturated/α-hetero) is 1. The van der Waals surface area contributed by atoms with E-state index in [4.69, 9.17) is 4.74 Å². The van der Waals surface area contributed by atoms with Gasteiger partial charge in [-0.1, -0.05) is 44.2 Å². The molecule has 2 aliphatic heterocycles. The van der Waals surface area contributed by atoms with Crippen molar-refractivity contribution in [1.29, 1.82) is 0 Å². The van der Waals surface area contributed by atoms with Gasteiger partial charge in [0.15, 0.2) is 5.78 Å². The van der Waals surface area contributed by atoms with Crippen molar-refractivity contribution in [3.8, 4) is 0 Å². The topological polar surface area (TPSA) is 137 Å². The fraction of sp³-hybridized carbons (Fsp3) is 0.607. The molecule has 38 heavy (non-hydrogen) atoms. The molecular formula is C28H40N4O6. The second kappa shape index (κ2) is 13.0. The number of rotatable bonds is 13. The van der Waals surface area contributed by atoms with E-state index in [0.717, 1.165) is 5.56 Å². The molecule has 3 N–H and O–H groups in total. The molecule has 208 valence electrons. The van der Waals surface area contributed by atoms with Crippen LogP contribution >= 0.6 is 0 Å². The highest BCUT2D eigenvalue weighted by molar-refractivity contribution is 5.98. The van der Waals surface area contributed by atoms with Crippen LogP contribution in [0.25, 0.3) is 0 Å². The van der Waals surface area contributed by atoms with E-state index in [1.165, 1.54) is 11.8 Å². The van der Waals surface area contributed by atoms with Gasteiger partial charge in [0.2, 0.25) is 23.6 Å². The van der Waals surface area contributed by atoms with E-state index < -0.39 is 35.5 Å². The molecule has 0 unspecified atom stereocenters. The zero-order valence-corrected chi connectivity index (χ0v) is 22.7. The normalized spacial score (nSPS) is 21.9. The van der Waals surface area contributed by atoms with E-state index in [0.29, 0.717) is 45.3 Å². The van der Waals surface area contributed by atoms with Crippen LogP contribution in [0.2, 0.25) is 0 Å². The minimum absolute atomic E-state index is 0.158. The number of ketones is 1. The first kappa shape index (κ1) is 29.3. The standard InChI is InChI=1S/C28H40N4O6/c1-18(2)15-22(25(35)28(4)17-38-28)31-26(36)21(13-12-20-9-6-5-7-10-20)30-27(37)23-11-8-14-32(23)24(34)16-29-19(3)33/h5-7,9-10,18,21-23H,8,11-17H2,1-4H3,(H,29,33)(H,30,37)(H,31,36)/t21-,22-,23-,28+/m0/s1. The van der Waals surface area contributed by atoms with Crippen LogP contribution in [-0.2, 0) is 35.1 Å². The van der Waals surface area contributed by atoms with Crippen molar-refractivity contribution in [1.82, 2.24) is 20.9 Å². The lowest BCUT2D eigenvalue weighted by molar-refractivity contribution is -0.140. The average molecular weight is 529 g/mol. The molecule has 0 aromatic heterocycles. The molecule has 1 aromatic rings. The first-order chi connectivity index (χ1) is 18.0. The SMILES string of the molecule is CC(=O)NCC(=O)N1CCC[C@H]1C(=O)N[C@@H](CCc1ccccc1)C(=O)N[C@@H](CC(C)C)C(=O)[C@@]1(C)CO1. The Kier molecular flexibility index (Phi) is 10.0. The van der Waals surface area contributed by atoms with Crippen LogP contribution in [0.4, 0.5) is 0 Å². The van der Waals surface area contributed by atoms with Gasteiger partial charge < -0.3 is 25.6 Å². The molecule has 0 spiro atoms. The highest BCUT2D eigenvalue weighted by Crippen LogP contribution is 2.29. The van der Waals surface area contributed by atoms with Crippen LogP contribution in [-0.4, -0.2) is 77.7 Å². The summed E-state index contributed by atoms with van der Waals surface area (Å²) in [4.78, 5) is 65.2. The Morgan fingerprint density at radius 2 is 1.76 bits per heavy atom. The summed E-state index contributed by atoms with van der Waals surface area (Å²) in [7, 11) is 0. The molecule has 2 heterocycles. The Morgan fingerprint density at radius 3 is 2.37 bits per heavy atom. The smallest absolute Gasteiger partial charge is 0.243 e. The third-order valence-corrected chi connectivity index (χ3v) is 7.00. The van der Waals surface area contributed by atoms with Crippen LogP contribution in [0, 0.1) is 5.92 Å². The minimum atomic E-state index is -0.897. The van der Waals surface area contributed by atoms with E-state index in [1.54, 1.807) is 6.92 Å². The lowest BCUT2D eigenvalue weighted by atomic mass is 9.93. The number of hydrogen-bond donors (Lipinski definition) is 3. The monoisotopic (exact) mass is 528 g/mol. The summed E-state index contributed by atoms with van der Waals surface area (Å²) in [5.41, 5.74) is 0.134. The number of ether oxygens (including phenoxy) is 1. The summed E-state index contributed by atoms with van der Waals surface area (Å²) in [5, 5.41) is 8.21. The van der Waals surface area contributed by atoms with Gasteiger partial charge in [0.25, 0.3) is 0 Å². The van der Waals surface area contributed by atoms with Crippen LogP contribution in [0.3, 0.4) is 0 Å². The molecule has 0 aliphatic carbocycles. The van der Waals surface area contributed by atoms with E-state index in [1.807, 2.05) is 44.2 Å². The van der Waals surface area contributed by atoms with E-state index >= 15 is 0 Å². The molecule has 2 fully saturated rings. The zero-order chi connectivity index (χ0) is 27.9. The fourth-order valence-electron chi connectivity index (χ4n) is 4.73. The molecule has 0 saturated carbocycles. The van der Waals surface area contributed by atoms with Crippen LogP contribution in [0.15, 0.2) is 30.3 Å². The number of carbonyl (C=O) groups excluding carboxylic acids is 5. The molecule has 0 bridgehead atoms. The Bertz CT molecular complexity index is 1020. The number of aryl methyl sites for hydroxylation is 1. The first-order valence-electron chi connectivity index (χ1n) is 13.4. The predicted molar refractivity (Wildman–Crippen MR) is 141 cm³/mol. The third-order valence-electron chi connectivity index (χ3n) is 7.00. The summed E-state index contributed by atoms with van der Waals surface area (Å²) in [6, 6.07) is 7.28. The Morgan fingerprint density at radius 1 is 1.08 bits per heavy atom. The maximum Gasteiger partial charge on any atom is 0.243 e. The van der Waals surface area contributed by atoms with Crippen molar-refractivity contribution in [3.05, 3.63) is 35.9 Å². The Balaban J connectivity index is 1.73. The third kappa shape index (κ3) is 8.11. The van der Waals surface area contributed by atoms with Gasteiger partial charge in [0.1, 0.15) is 17.7 Å². The van der Waals surface area contributed by atoms with Crippen molar-refractivity contribution >= 4 is 29.4 Å². The predicted octanol–water partition coefficient (Wildman–Crippen LogP) is 1.12. The second-order valence-corrected chi connectivity index (χ2v) is 10.8. The van der Waals surface area contributed by atoms with Gasteiger partial charge in [-0.3, -0.25) is 24.0 Å². The number of amides is 4. The summed E-state index contributed by atoms with van der Waals surface area (Å²) in [6.07, 6.45) is 2.43. The van der Waals surface area contributed by atoms with Gasteiger partial charge in [0.05, 0.1) is 19.2 Å². The maximum atomic E-state index is 13.5. The Hall–Kier alpha value is -3.27. The number of epoxide rings is 1. The molecule has 2 saturated heterocycles. The summed E-state index contributed by atoms with van der Waals surface area (Å²) < 4.78 is 5.33. The summed E-state index contributed by atoms with van der Waals surface area (Å²) in [5.74, 6) is -1.54. The van der Waals surface area contributed by atoms with E-state index in [9.17, 15) is 24.0 Å². The van der Waals surface area contributed by atoms with Crippen molar-refractivity contribution in [2.75, 3.05) is 19.7 Å². The van der Waals surface area contributed by atoms with Gasteiger partial charge in [-0.05, 0) is 50.5 Å². The molecule has 10 heteroatoms. The highest BCUT2D eigenvalue weighted by atomic mass is 16.6. The number of nitrogens with zero attached hydrogens (tertiary/aromatic N) is 1. The molecule has 4 atom stereocenters. The van der Waals surface area contributed by atoms with Crippen molar-refractivity contribution in [2.24, 2.45) is 5.92 Å². The lowest BCUT2D eigenvalue weighted by Gasteiger charge is -2.28. The zero-order valence-electron chi connectivity index (χ0n) is 22.7. The minimum Gasteiger partial charge on any atom is -0.361 e. The summed E-state index contributed by atoms with van der Waals surface area (Å²) in [6.45, 7) is 7.54. The van der Waals surface area contributed by atoms with Gasteiger partial charge in [0, 0.05) is 13.5 Å². The van der Waals surface area contributed by atoms with Crippen molar-refractivity contribution in [3.63, 3.8) is 0 Å². The summed E-state index contributed by atoms with van der Waals surface area (Å²) >= 11 is 0. The highest BCUT2D eigenvalue weighted by Gasteiger charge is 2.50. The van der Waals surface area contributed by atoms with Crippen LogP contribution < -0.4 is 16.0 Å². The van der Waals surface area contributed by atoms with Gasteiger partial charge in [-0.25, -0.2) is 0 Å². The maximum absolute atomic E-state index is 13.5. The van der Waals surface area contributed by atoms with Crippen LogP contribution in [0.1, 0.15) is 58.9 Å². The number of hydrogen-bond acceptors (Lipinski definition) is 6. The van der Waals surface area contributed by atoms with Crippen LogP contribution in [0.5, 0.6) is 0 Å². The second-order valence-electron chi connectivity index (χ2n) is 10.8. The molecule has 10 nitrogen and oxygen atoms in total. The number of nitrogens with one attached hydrogen (secondary N) is 3. The average Bonchev–Trinajstić information content (AvgIpc) is 3.43. The molecule has 4 amide bonds. The number of carbonyl (C=O) groups is 5. The van der Waals surface area contributed by atoms with E-state index in [2.05, 4.69) is 16.0 Å². The Labute approximate surface area is 224 Å². The molecular weight excluding hydrogens is 488 g/mol. The van der Waals surface area contributed by atoms with Crippen molar-refractivity contribution < 1.29 is 28.7 Å².